The zero-order valence-electron chi connectivity index (χ0n) is 9.03. The van der Waals surface area contributed by atoms with E-state index in [2.05, 4.69) is 15.3 Å². The first kappa shape index (κ1) is 11.7. The summed E-state index contributed by atoms with van der Waals surface area (Å²) in [6, 6.07) is -0.250. The van der Waals surface area contributed by atoms with Crippen LogP contribution in [0.3, 0.4) is 0 Å². The van der Waals surface area contributed by atoms with Gasteiger partial charge in [-0.15, -0.1) is 0 Å². The molecule has 0 bridgehead atoms. The van der Waals surface area contributed by atoms with Crippen LogP contribution < -0.4 is 5.32 Å². The molecule has 1 rings (SSSR count). The Balaban J connectivity index is 2.46. The Morgan fingerprint density at radius 3 is 2.87 bits per heavy atom. The topological polar surface area (TPSA) is 78.0 Å². The quantitative estimate of drug-likeness (QED) is 0.645. The first-order valence-corrected chi connectivity index (χ1v) is 5.02. The molecule has 0 spiro atoms. The van der Waals surface area contributed by atoms with Crippen molar-refractivity contribution in [2.24, 2.45) is 5.92 Å². The van der Waals surface area contributed by atoms with Crippen LogP contribution in [0.5, 0.6) is 0 Å². The number of hydrogen-bond acceptors (Lipinski definition) is 3. The molecule has 5 heteroatoms. The van der Waals surface area contributed by atoms with Gasteiger partial charge in [-0.2, -0.15) is 0 Å². The highest BCUT2D eigenvalue weighted by Gasteiger charge is 2.14. The van der Waals surface area contributed by atoms with Gasteiger partial charge in [0.1, 0.15) is 0 Å². The van der Waals surface area contributed by atoms with Crippen molar-refractivity contribution in [3.05, 3.63) is 18.2 Å². The van der Waals surface area contributed by atoms with Crippen molar-refractivity contribution < 1.29 is 9.90 Å². The molecule has 5 nitrogen and oxygen atoms in total. The molecule has 1 atom stereocenters. The van der Waals surface area contributed by atoms with E-state index in [-0.39, 0.29) is 24.5 Å². The van der Waals surface area contributed by atoms with Crippen molar-refractivity contribution >= 4 is 5.91 Å². The number of rotatable bonds is 5. The lowest BCUT2D eigenvalue weighted by atomic mass is 10.1. The van der Waals surface area contributed by atoms with Crippen LogP contribution in [0, 0.1) is 5.92 Å². The molecule has 1 heterocycles. The van der Waals surface area contributed by atoms with E-state index < -0.39 is 0 Å². The van der Waals surface area contributed by atoms with Gasteiger partial charge in [0.05, 0.1) is 19.0 Å². The SMILES string of the molecule is CC(C)C(=O)N[C@H](CO)Cc1cnc[nH]1. The summed E-state index contributed by atoms with van der Waals surface area (Å²) in [6.45, 7) is 3.57. The van der Waals surface area contributed by atoms with Crippen LogP contribution in [0.2, 0.25) is 0 Å². The standard InChI is InChI=1S/C10H17N3O2/c1-7(2)10(15)13-9(5-14)3-8-4-11-6-12-8/h4,6-7,9,14H,3,5H2,1-2H3,(H,11,12)(H,13,15)/t9-/m0/s1. The molecule has 0 radical (unpaired) electrons. The number of aromatic nitrogens is 2. The maximum absolute atomic E-state index is 11.4. The van der Waals surface area contributed by atoms with Crippen molar-refractivity contribution in [1.29, 1.82) is 0 Å². The molecule has 0 saturated heterocycles. The number of hydrogen-bond donors (Lipinski definition) is 3. The van der Waals surface area contributed by atoms with Crippen LogP contribution in [0.1, 0.15) is 19.5 Å². The maximum atomic E-state index is 11.4. The number of amides is 1. The van der Waals surface area contributed by atoms with Gasteiger partial charge in [0.2, 0.25) is 5.91 Å². The Labute approximate surface area is 88.9 Å². The maximum Gasteiger partial charge on any atom is 0.222 e. The zero-order valence-corrected chi connectivity index (χ0v) is 9.03. The Hall–Kier alpha value is -1.36. The fourth-order valence-electron chi connectivity index (χ4n) is 1.19. The third-order valence-electron chi connectivity index (χ3n) is 2.11. The molecule has 0 saturated carbocycles. The highest BCUT2D eigenvalue weighted by Crippen LogP contribution is 2.00. The monoisotopic (exact) mass is 211 g/mol. The predicted molar refractivity (Wildman–Crippen MR) is 56.1 cm³/mol. The Bertz CT molecular complexity index is 296. The minimum Gasteiger partial charge on any atom is -0.394 e. The lowest BCUT2D eigenvalue weighted by molar-refractivity contribution is -0.125. The minimum absolute atomic E-state index is 0.0476. The van der Waals surface area contributed by atoms with Crippen LogP contribution in [-0.2, 0) is 11.2 Å². The lowest BCUT2D eigenvalue weighted by Gasteiger charge is -2.16. The number of aliphatic hydroxyl groups is 1. The number of H-pyrrole nitrogens is 1. The lowest BCUT2D eigenvalue weighted by Crippen LogP contribution is -2.41. The van der Waals surface area contributed by atoms with Crippen molar-refractivity contribution in [2.75, 3.05) is 6.61 Å². The van der Waals surface area contributed by atoms with E-state index in [0.717, 1.165) is 5.69 Å². The van der Waals surface area contributed by atoms with Crippen LogP contribution in [0.25, 0.3) is 0 Å². The fourth-order valence-corrected chi connectivity index (χ4v) is 1.19. The first-order valence-electron chi connectivity index (χ1n) is 5.02. The molecule has 1 aromatic rings. The van der Waals surface area contributed by atoms with Gasteiger partial charge in [0.15, 0.2) is 0 Å². The third kappa shape index (κ3) is 3.71. The number of nitrogens with one attached hydrogen (secondary N) is 2. The molecular formula is C10H17N3O2. The van der Waals surface area contributed by atoms with Gasteiger partial charge in [-0.1, -0.05) is 13.8 Å². The van der Waals surface area contributed by atoms with Crippen LogP contribution in [-0.4, -0.2) is 33.6 Å². The summed E-state index contributed by atoms with van der Waals surface area (Å²) in [5.74, 6) is -0.116. The van der Waals surface area contributed by atoms with Crippen LogP contribution >= 0.6 is 0 Å². The van der Waals surface area contributed by atoms with E-state index in [9.17, 15) is 4.79 Å². The van der Waals surface area contributed by atoms with E-state index >= 15 is 0 Å². The molecule has 0 unspecified atom stereocenters. The number of nitrogens with zero attached hydrogens (tertiary/aromatic N) is 1. The van der Waals surface area contributed by atoms with Crippen LogP contribution in [0.4, 0.5) is 0 Å². The number of carbonyl (C=O) groups is 1. The number of aromatic amines is 1. The summed E-state index contributed by atoms with van der Waals surface area (Å²) in [7, 11) is 0. The van der Waals surface area contributed by atoms with Gasteiger partial charge in [0.25, 0.3) is 0 Å². The Morgan fingerprint density at radius 2 is 2.40 bits per heavy atom. The fraction of sp³-hybridized carbons (Fsp3) is 0.600. The van der Waals surface area contributed by atoms with Gasteiger partial charge < -0.3 is 15.4 Å². The smallest absolute Gasteiger partial charge is 0.222 e. The molecule has 0 aromatic carbocycles. The zero-order chi connectivity index (χ0) is 11.3. The molecule has 0 fully saturated rings. The van der Waals surface area contributed by atoms with Crippen molar-refractivity contribution in [2.45, 2.75) is 26.3 Å². The summed E-state index contributed by atoms with van der Waals surface area (Å²) in [4.78, 5) is 18.2. The molecule has 0 aliphatic rings. The summed E-state index contributed by atoms with van der Waals surface area (Å²) in [5, 5.41) is 11.9. The summed E-state index contributed by atoms with van der Waals surface area (Å²) in [5.41, 5.74) is 0.901. The van der Waals surface area contributed by atoms with Crippen LogP contribution in [0.15, 0.2) is 12.5 Å². The largest absolute Gasteiger partial charge is 0.394 e. The Morgan fingerprint density at radius 1 is 1.67 bits per heavy atom. The van der Waals surface area contributed by atoms with Crippen molar-refractivity contribution in [1.82, 2.24) is 15.3 Å². The molecule has 0 aliphatic carbocycles. The van der Waals surface area contributed by atoms with E-state index in [0.29, 0.717) is 6.42 Å². The molecule has 1 amide bonds. The third-order valence-corrected chi connectivity index (χ3v) is 2.11. The average Bonchev–Trinajstić information content (AvgIpc) is 2.69. The van der Waals surface area contributed by atoms with E-state index in [1.807, 2.05) is 13.8 Å². The van der Waals surface area contributed by atoms with Gasteiger partial charge in [0, 0.05) is 24.2 Å². The van der Waals surface area contributed by atoms with Gasteiger partial charge in [-0.25, -0.2) is 4.98 Å². The second-order valence-electron chi connectivity index (χ2n) is 3.82. The Kier molecular flexibility index (Phi) is 4.30. The van der Waals surface area contributed by atoms with Gasteiger partial charge >= 0.3 is 0 Å². The number of carbonyl (C=O) groups excluding carboxylic acids is 1. The highest BCUT2D eigenvalue weighted by molar-refractivity contribution is 5.78. The molecule has 15 heavy (non-hydrogen) atoms. The first-order chi connectivity index (χ1) is 7.13. The second-order valence-corrected chi connectivity index (χ2v) is 3.82. The molecule has 1 aromatic heterocycles. The number of imidazole rings is 1. The summed E-state index contributed by atoms with van der Waals surface area (Å²) in [6.07, 6.45) is 3.83. The average molecular weight is 211 g/mol. The van der Waals surface area contributed by atoms with Gasteiger partial charge in [-0.3, -0.25) is 4.79 Å². The van der Waals surface area contributed by atoms with Crippen molar-refractivity contribution in [3.8, 4) is 0 Å². The number of aliphatic hydroxyl groups excluding tert-OH is 1. The normalized spacial score (nSPS) is 12.8. The van der Waals surface area contributed by atoms with E-state index in [1.54, 1.807) is 12.5 Å². The highest BCUT2D eigenvalue weighted by atomic mass is 16.3. The predicted octanol–water partition coefficient (Wildman–Crippen LogP) is 0.0853. The van der Waals surface area contributed by atoms with Crippen molar-refractivity contribution in [3.63, 3.8) is 0 Å². The molecular weight excluding hydrogens is 194 g/mol. The molecule has 3 N–H and O–H groups in total. The van der Waals surface area contributed by atoms with E-state index in [1.165, 1.54) is 0 Å². The summed E-state index contributed by atoms with van der Waals surface area (Å²) < 4.78 is 0. The molecule has 0 aliphatic heterocycles. The summed E-state index contributed by atoms with van der Waals surface area (Å²) >= 11 is 0. The minimum atomic E-state index is -0.250. The molecule has 84 valence electrons. The van der Waals surface area contributed by atoms with E-state index in [4.69, 9.17) is 5.11 Å². The second kappa shape index (κ2) is 5.50. The van der Waals surface area contributed by atoms with Gasteiger partial charge in [-0.05, 0) is 0 Å².